The van der Waals surface area contributed by atoms with Crippen LogP contribution >= 0.6 is 0 Å². The molecular formula is C20H24N4O3. The highest BCUT2D eigenvalue weighted by molar-refractivity contribution is 5.82. The van der Waals surface area contributed by atoms with Crippen molar-refractivity contribution in [3.05, 3.63) is 59.7 Å². The summed E-state index contributed by atoms with van der Waals surface area (Å²) >= 11 is 0. The molecule has 1 aromatic heterocycles. The Morgan fingerprint density at radius 1 is 1.19 bits per heavy atom. The predicted molar refractivity (Wildman–Crippen MR) is 103 cm³/mol. The minimum Gasteiger partial charge on any atom is -0.443 e. The average molecular weight is 368 g/mol. The molecule has 1 heterocycles. The van der Waals surface area contributed by atoms with Gasteiger partial charge in [0.1, 0.15) is 16.6 Å². The van der Waals surface area contributed by atoms with Gasteiger partial charge in [-0.1, -0.05) is 42.5 Å². The zero-order valence-electron chi connectivity index (χ0n) is 15.7. The summed E-state index contributed by atoms with van der Waals surface area (Å²) in [6.07, 6.45) is -0.0182. The molecule has 1 atom stereocenters. The lowest BCUT2D eigenvalue weighted by atomic mass is 10.0. The molecule has 7 heteroatoms. The van der Waals surface area contributed by atoms with Crippen molar-refractivity contribution < 1.29 is 14.6 Å². The average Bonchev–Trinajstić information content (AvgIpc) is 3.02. The van der Waals surface area contributed by atoms with Crippen molar-refractivity contribution in [2.24, 2.45) is 0 Å². The van der Waals surface area contributed by atoms with E-state index in [4.69, 9.17) is 4.74 Å². The number of aliphatic hydroxyl groups is 1. The quantitative estimate of drug-likeness (QED) is 0.718. The Morgan fingerprint density at radius 3 is 2.63 bits per heavy atom. The molecule has 0 saturated heterocycles. The second kappa shape index (κ2) is 7.75. The predicted octanol–water partition coefficient (Wildman–Crippen LogP) is 3.58. The van der Waals surface area contributed by atoms with E-state index in [1.807, 2.05) is 48.5 Å². The van der Waals surface area contributed by atoms with Crippen molar-refractivity contribution in [2.45, 2.75) is 45.3 Å². The van der Waals surface area contributed by atoms with Crippen LogP contribution in [0.5, 0.6) is 0 Å². The normalized spacial score (nSPS) is 12.7. The molecule has 1 unspecified atom stereocenters. The number of hydrogen-bond donors (Lipinski definition) is 2. The van der Waals surface area contributed by atoms with Gasteiger partial charge in [0.2, 0.25) is 0 Å². The Balaban J connectivity index is 1.78. The second-order valence-corrected chi connectivity index (χ2v) is 7.36. The minimum atomic E-state index is -0.608. The van der Waals surface area contributed by atoms with Gasteiger partial charge in [0.15, 0.2) is 0 Å². The zero-order valence-corrected chi connectivity index (χ0v) is 15.7. The van der Waals surface area contributed by atoms with E-state index in [0.29, 0.717) is 23.9 Å². The largest absolute Gasteiger partial charge is 0.443 e. The summed E-state index contributed by atoms with van der Waals surface area (Å²) in [5.74, 6) is 0. The maximum Gasteiger partial charge on any atom is 0.428 e. The number of carbonyl (C=O) groups is 1. The third-order valence-electron chi connectivity index (χ3n) is 4.02. The highest BCUT2D eigenvalue weighted by Crippen LogP contribution is 2.22. The molecule has 3 aromatic rings. The summed E-state index contributed by atoms with van der Waals surface area (Å²) in [6, 6.07) is 15.2. The summed E-state index contributed by atoms with van der Waals surface area (Å²) in [6.45, 7) is 5.38. The Hall–Kier alpha value is -2.93. The van der Waals surface area contributed by atoms with Crippen molar-refractivity contribution in [2.75, 3.05) is 5.43 Å². The summed E-state index contributed by atoms with van der Waals surface area (Å²) in [5.41, 5.74) is 5.17. The molecule has 1 amide bonds. The Bertz CT molecular complexity index is 916. The van der Waals surface area contributed by atoms with E-state index < -0.39 is 17.8 Å². The first-order valence-corrected chi connectivity index (χ1v) is 8.90. The number of nitrogens with one attached hydrogen (secondary N) is 1. The van der Waals surface area contributed by atoms with Crippen LogP contribution < -0.4 is 5.43 Å². The van der Waals surface area contributed by atoms with Crippen LogP contribution in [0, 0.1) is 0 Å². The second-order valence-electron chi connectivity index (χ2n) is 7.36. The molecule has 7 nitrogen and oxygen atoms in total. The maximum absolute atomic E-state index is 12.1. The fourth-order valence-electron chi connectivity index (χ4n) is 2.84. The van der Waals surface area contributed by atoms with Crippen molar-refractivity contribution in [1.82, 2.24) is 15.1 Å². The van der Waals surface area contributed by atoms with Crippen molar-refractivity contribution in [1.29, 1.82) is 0 Å². The van der Waals surface area contributed by atoms with E-state index in [-0.39, 0.29) is 0 Å². The molecule has 0 aliphatic rings. The van der Waals surface area contributed by atoms with E-state index in [1.165, 1.54) is 4.79 Å². The highest BCUT2D eigenvalue weighted by atomic mass is 16.6. The first-order valence-electron chi connectivity index (χ1n) is 8.90. The molecule has 27 heavy (non-hydrogen) atoms. The van der Waals surface area contributed by atoms with Gasteiger partial charge in [0, 0.05) is 0 Å². The van der Waals surface area contributed by atoms with Crippen LogP contribution in [-0.2, 0) is 11.2 Å². The minimum absolute atomic E-state index is 0.542. The summed E-state index contributed by atoms with van der Waals surface area (Å²) in [5, 5.41) is 18.5. The lowest BCUT2D eigenvalue weighted by Crippen LogP contribution is -2.32. The molecule has 3 rings (SSSR count). The summed E-state index contributed by atoms with van der Waals surface area (Å²) in [4.78, 5) is 13.4. The van der Waals surface area contributed by atoms with Crippen LogP contribution in [0.25, 0.3) is 11.0 Å². The van der Waals surface area contributed by atoms with E-state index in [2.05, 4.69) is 15.7 Å². The monoisotopic (exact) mass is 368 g/mol. The Kier molecular flexibility index (Phi) is 5.41. The van der Waals surface area contributed by atoms with Crippen LogP contribution in [-0.4, -0.2) is 31.9 Å². The first-order chi connectivity index (χ1) is 12.8. The standard InChI is InChI=1S/C20H24N4O3/c1-20(2,3)27-19(26)22-24-18-15(10-7-11-16(18)21-23-24)12-13-17(25)14-8-5-4-6-9-14/h4-11,17,25H,12-13H2,1-3H3,(H,22,26). The molecule has 2 aromatic carbocycles. The number of fused-ring (bicyclic) bond motifs is 1. The third kappa shape index (κ3) is 4.83. The lowest BCUT2D eigenvalue weighted by molar-refractivity contribution is 0.0610. The summed E-state index contributed by atoms with van der Waals surface area (Å²) in [7, 11) is 0. The first kappa shape index (κ1) is 18.8. The molecule has 142 valence electrons. The maximum atomic E-state index is 12.1. The number of para-hydroxylation sites is 1. The smallest absolute Gasteiger partial charge is 0.428 e. The van der Waals surface area contributed by atoms with Crippen LogP contribution in [0.1, 0.15) is 44.4 Å². The molecule has 0 radical (unpaired) electrons. The van der Waals surface area contributed by atoms with Gasteiger partial charge in [0.05, 0.1) is 6.10 Å². The molecule has 0 bridgehead atoms. The fraction of sp³-hybridized carbons (Fsp3) is 0.350. The molecular weight excluding hydrogens is 344 g/mol. The van der Waals surface area contributed by atoms with E-state index in [1.54, 1.807) is 20.8 Å². The van der Waals surface area contributed by atoms with Crippen LogP contribution in [0.15, 0.2) is 48.5 Å². The van der Waals surface area contributed by atoms with Gasteiger partial charge in [0.25, 0.3) is 0 Å². The lowest BCUT2D eigenvalue weighted by Gasteiger charge is -2.19. The Labute approximate surface area is 157 Å². The molecule has 0 aliphatic heterocycles. The summed E-state index contributed by atoms with van der Waals surface area (Å²) < 4.78 is 5.28. The number of benzene rings is 2. The van der Waals surface area contributed by atoms with Crippen LogP contribution in [0.3, 0.4) is 0 Å². The van der Waals surface area contributed by atoms with E-state index in [9.17, 15) is 9.90 Å². The van der Waals surface area contributed by atoms with Crippen molar-refractivity contribution in [3.8, 4) is 0 Å². The van der Waals surface area contributed by atoms with Gasteiger partial charge in [-0.25, -0.2) is 10.2 Å². The van der Waals surface area contributed by atoms with E-state index >= 15 is 0 Å². The topological polar surface area (TPSA) is 89.3 Å². The number of aliphatic hydroxyl groups excluding tert-OH is 1. The zero-order chi connectivity index (χ0) is 19.4. The van der Waals surface area contributed by atoms with Gasteiger partial charge in [-0.2, -0.15) is 0 Å². The number of carbonyl (C=O) groups excluding carboxylic acids is 1. The van der Waals surface area contributed by atoms with Crippen LogP contribution in [0.4, 0.5) is 4.79 Å². The number of aryl methyl sites for hydroxylation is 1. The van der Waals surface area contributed by atoms with Gasteiger partial charge >= 0.3 is 6.09 Å². The number of ether oxygens (including phenoxy) is 1. The molecule has 2 N–H and O–H groups in total. The highest BCUT2D eigenvalue weighted by Gasteiger charge is 2.19. The van der Waals surface area contributed by atoms with Gasteiger partial charge in [-0.15, -0.1) is 9.89 Å². The van der Waals surface area contributed by atoms with Crippen LogP contribution in [0.2, 0.25) is 0 Å². The fourth-order valence-corrected chi connectivity index (χ4v) is 2.84. The molecule has 0 spiro atoms. The van der Waals surface area contributed by atoms with E-state index in [0.717, 1.165) is 11.1 Å². The third-order valence-corrected chi connectivity index (χ3v) is 4.02. The number of nitrogens with zero attached hydrogens (tertiary/aromatic N) is 3. The van der Waals surface area contributed by atoms with Gasteiger partial charge in [-0.05, 0) is 56.0 Å². The molecule has 0 aliphatic carbocycles. The van der Waals surface area contributed by atoms with Gasteiger partial charge < -0.3 is 9.84 Å². The number of amides is 1. The van der Waals surface area contributed by atoms with Crippen molar-refractivity contribution >= 4 is 17.1 Å². The number of aromatic nitrogens is 3. The Morgan fingerprint density at radius 2 is 1.93 bits per heavy atom. The van der Waals surface area contributed by atoms with Crippen molar-refractivity contribution in [3.63, 3.8) is 0 Å². The SMILES string of the molecule is CC(C)(C)OC(=O)Nn1nnc2cccc(CCC(O)c3ccccc3)c21. The van der Waals surface area contributed by atoms with Gasteiger partial charge in [-0.3, -0.25) is 0 Å². The molecule has 0 saturated carbocycles. The molecule has 0 fully saturated rings. The number of rotatable bonds is 5. The number of hydrogen-bond acceptors (Lipinski definition) is 5.